The Morgan fingerprint density at radius 2 is 1.81 bits per heavy atom. The van der Waals surface area contributed by atoms with Gasteiger partial charge in [0.25, 0.3) is 21.8 Å². The summed E-state index contributed by atoms with van der Waals surface area (Å²) in [7, 11) is -3.62. The third kappa shape index (κ3) is 3.48. The second kappa shape index (κ2) is 7.67. The largest absolute Gasteiger partial charge is 0.280 e. The van der Waals surface area contributed by atoms with Crippen LogP contribution in [0, 0.1) is 0 Å². The quantitative estimate of drug-likeness (QED) is 0.554. The fraction of sp³-hybridized carbons (Fsp3) is 0.227. The van der Waals surface area contributed by atoms with Crippen LogP contribution in [-0.2, 0) is 16.6 Å². The summed E-state index contributed by atoms with van der Waals surface area (Å²) in [6.45, 7) is 0.948. The highest BCUT2D eigenvalue weighted by atomic mass is 32.2. The van der Waals surface area contributed by atoms with E-state index < -0.39 is 21.8 Å². The number of hydrogen-bond donors (Lipinski definition) is 0. The first-order chi connectivity index (χ1) is 14.9. The average Bonchev–Trinajstić information content (AvgIpc) is 3.52. The highest BCUT2D eigenvalue weighted by Gasteiger charge is 2.38. The average molecular weight is 454 g/mol. The van der Waals surface area contributed by atoms with Gasteiger partial charge in [0, 0.05) is 24.2 Å². The van der Waals surface area contributed by atoms with Crippen molar-refractivity contribution in [2.75, 3.05) is 13.1 Å². The van der Waals surface area contributed by atoms with E-state index in [-0.39, 0.29) is 27.9 Å². The number of sulfonamides is 1. The molecule has 1 saturated heterocycles. The van der Waals surface area contributed by atoms with Gasteiger partial charge in [0.1, 0.15) is 9.90 Å². The molecule has 0 aliphatic carbocycles. The van der Waals surface area contributed by atoms with E-state index in [1.807, 2.05) is 30.3 Å². The zero-order valence-electron chi connectivity index (χ0n) is 16.5. The normalized spacial score (nSPS) is 19.2. The molecule has 5 rings (SSSR count). The number of thiophene rings is 1. The van der Waals surface area contributed by atoms with Gasteiger partial charge >= 0.3 is 0 Å². The fourth-order valence-electron chi connectivity index (χ4n) is 4.07. The number of rotatable bonds is 5. The van der Waals surface area contributed by atoms with Crippen molar-refractivity contribution in [3.8, 4) is 0 Å². The Balaban J connectivity index is 1.32. The lowest BCUT2D eigenvalue weighted by molar-refractivity contribution is 0.0642. The maximum atomic E-state index is 13.1. The zero-order chi connectivity index (χ0) is 21.6. The SMILES string of the molecule is O=C1c2cccnc2C(=O)N1Cc1ccc(S(=O)(=O)N2CCC(c3ccccc3)C2)s1. The van der Waals surface area contributed by atoms with E-state index in [4.69, 9.17) is 0 Å². The molecular weight excluding hydrogens is 434 g/mol. The first-order valence-corrected chi connectivity index (χ1v) is 12.2. The Labute approximate surface area is 184 Å². The second-order valence-corrected chi connectivity index (χ2v) is 10.9. The Bertz CT molecular complexity index is 1240. The maximum Gasteiger partial charge on any atom is 0.280 e. The van der Waals surface area contributed by atoms with E-state index in [1.165, 1.54) is 10.5 Å². The smallest absolute Gasteiger partial charge is 0.268 e. The third-order valence-electron chi connectivity index (χ3n) is 5.70. The summed E-state index contributed by atoms with van der Waals surface area (Å²) in [6, 6.07) is 16.3. The van der Waals surface area contributed by atoms with Crippen LogP contribution in [0.5, 0.6) is 0 Å². The van der Waals surface area contributed by atoms with Crippen molar-refractivity contribution in [1.29, 1.82) is 0 Å². The third-order valence-corrected chi connectivity index (χ3v) is 9.10. The molecule has 1 aromatic carbocycles. The van der Waals surface area contributed by atoms with Crippen LogP contribution in [-0.4, -0.2) is 47.5 Å². The topological polar surface area (TPSA) is 87.6 Å². The summed E-state index contributed by atoms with van der Waals surface area (Å²) in [5.41, 5.74) is 1.56. The molecule has 2 aliphatic rings. The molecular formula is C22H19N3O4S2. The van der Waals surface area contributed by atoms with E-state index in [9.17, 15) is 18.0 Å². The zero-order valence-corrected chi connectivity index (χ0v) is 18.1. The first kappa shape index (κ1) is 20.0. The lowest BCUT2D eigenvalue weighted by Crippen LogP contribution is -2.29. The van der Waals surface area contributed by atoms with Crippen molar-refractivity contribution in [2.24, 2.45) is 0 Å². The van der Waals surface area contributed by atoms with Gasteiger partial charge in [-0.1, -0.05) is 30.3 Å². The van der Waals surface area contributed by atoms with Crippen LogP contribution in [0.2, 0.25) is 0 Å². The van der Waals surface area contributed by atoms with Gasteiger partial charge in [-0.15, -0.1) is 11.3 Å². The fourth-order valence-corrected chi connectivity index (χ4v) is 7.07. The maximum absolute atomic E-state index is 13.1. The van der Waals surface area contributed by atoms with Gasteiger partial charge in [-0.05, 0) is 42.2 Å². The summed E-state index contributed by atoms with van der Waals surface area (Å²) >= 11 is 1.10. The molecule has 0 saturated carbocycles. The van der Waals surface area contributed by atoms with Crippen molar-refractivity contribution in [3.05, 3.63) is 82.5 Å². The van der Waals surface area contributed by atoms with Crippen LogP contribution in [0.15, 0.2) is 65.0 Å². The van der Waals surface area contributed by atoms with Gasteiger partial charge in [-0.3, -0.25) is 19.5 Å². The summed E-state index contributed by atoms with van der Waals surface area (Å²) in [5.74, 6) is -0.680. The molecule has 9 heteroatoms. The van der Waals surface area contributed by atoms with Gasteiger partial charge in [0.05, 0.1) is 12.1 Å². The molecule has 2 aromatic heterocycles. The summed E-state index contributed by atoms with van der Waals surface area (Å²) in [5, 5.41) is 0. The van der Waals surface area contributed by atoms with Gasteiger partial charge in [-0.2, -0.15) is 4.31 Å². The van der Waals surface area contributed by atoms with Crippen LogP contribution >= 0.6 is 11.3 Å². The minimum atomic E-state index is -3.62. The van der Waals surface area contributed by atoms with E-state index in [0.29, 0.717) is 18.0 Å². The number of aromatic nitrogens is 1. The van der Waals surface area contributed by atoms with E-state index in [0.717, 1.165) is 28.2 Å². The number of benzene rings is 1. The Hall–Kier alpha value is -2.88. The molecule has 0 radical (unpaired) electrons. The molecule has 31 heavy (non-hydrogen) atoms. The van der Waals surface area contributed by atoms with E-state index in [2.05, 4.69) is 4.98 Å². The minimum absolute atomic E-state index is 0.0286. The number of amides is 2. The molecule has 4 heterocycles. The number of carbonyl (C=O) groups excluding carboxylic acids is 2. The summed E-state index contributed by atoms with van der Waals surface area (Å²) < 4.78 is 28.0. The Morgan fingerprint density at radius 3 is 2.58 bits per heavy atom. The van der Waals surface area contributed by atoms with Gasteiger partial charge in [0.2, 0.25) is 0 Å². The molecule has 2 aliphatic heterocycles. The number of hydrogen-bond acceptors (Lipinski definition) is 6. The first-order valence-electron chi connectivity index (χ1n) is 9.90. The highest BCUT2D eigenvalue weighted by Crippen LogP contribution is 2.34. The number of imide groups is 1. The predicted octanol–water partition coefficient (Wildman–Crippen LogP) is 3.12. The lowest BCUT2D eigenvalue weighted by atomic mass is 9.99. The Morgan fingerprint density at radius 1 is 1.00 bits per heavy atom. The molecule has 1 unspecified atom stereocenters. The molecule has 3 aromatic rings. The van der Waals surface area contributed by atoms with Crippen LogP contribution < -0.4 is 0 Å². The highest BCUT2D eigenvalue weighted by molar-refractivity contribution is 7.91. The van der Waals surface area contributed by atoms with Gasteiger partial charge < -0.3 is 0 Å². The van der Waals surface area contributed by atoms with E-state index in [1.54, 1.807) is 24.3 Å². The monoisotopic (exact) mass is 453 g/mol. The van der Waals surface area contributed by atoms with Crippen molar-refractivity contribution in [1.82, 2.24) is 14.2 Å². The molecule has 0 N–H and O–H groups in total. The van der Waals surface area contributed by atoms with Crippen molar-refractivity contribution < 1.29 is 18.0 Å². The number of nitrogens with zero attached hydrogens (tertiary/aromatic N) is 3. The molecule has 158 valence electrons. The van der Waals surface area contributed by atoms with Crippen molar-refractivity contribution in [3.63, 3.8) is 0 Å². The molecule has 2 amide bonds. The molecule has 0 bridgehead atoms. The van der Waals surface area contributed by atoms with Crippen molar-refractivity contribution >= 4 is 33.2 Å². The standard InChI is InChI=1S/C22H19N3O4S2/c26-21-18-7-4-11-23-20(18)22(27)25(21)14-17-8-9-19(30-17)31(28,29)24-12-10-16(13-24)15-5-2-1-3-6-15/h1-9,11,16H,10,12-14H2. The second-order valence-electron chi connectivity index (χ2n) is 7.58. The Kier molecular flexibility index (Phi) is 4.96. The van der Waals surface area contributed by atoms with Crippen LogP contribution in [0.25, 0.3) is 0 Å². The number of carbonyl (C=O) groups is 2. The van der Waals surface area contributed by atoms with Crippen LogP contribution in [0.3, 0.4) is 0 Å². The number of pyridine rings is 1. The molecule has 1 atom stereocenters. The minimum Gasteiger partial charge on any atom is -0.268 e. The summed E-state index contributed by atoms with van der Waals surface area (Å²) in [4.78, 5) is 30.8. The molecule has 1 fully saturated rings. The number of fused-ring (bicyclic) bond motifs is 1. The summed E-state index contributed by atoms with van der Waals surface area (Å²) in [6.07, 6.45) is 2.26. The van der Waals surface area contributed by atoms with E-state index >= 15 is 0 Å². The van der Waals surface area contributed by atoms with Crippen LogP contribution in [0.1, 0.15) is 43.6 Å². The van der Waals surface area contributed by atoms with Gasteiger partial charge in [0.15, 0.2) is 0 Å². The molecule has 0 spiro atoms. The predicted molar refractivity (Wildman–Crippen MR) is 115 cm³/mol. The van der Waals surface area contributed by atoms with Crippen molar-refractivity contribution in [2.45, 2.75) is 23.1 Å². The molecule has 7 nitrogen and oxygen atoms in total. The van der Waals surface area contributed by atoms with Gasteiger partial charge in [-0.25, -0.2) is 8.42 Å². The lowest BCUT2D eigenvalue weighted by Gasteiger charge is -2.16. The van der Waals surface area contributed by atoms with Crippen LogP contribution in [0.4, 0.5) is 0 Å².